The fraction of sp³-hybridized carbons (Fsp3) is 0.375. The van der Waals surface area contributed by atoms with E-state index in [-0.39, 0.29) is 11.7 Å². The van der Waals surface area contributed by atoms with Crippen molar-refractivity contribution in [3.8, 4) is 11.5 Å². The van der Waals surface area contributed by atoms with Crippen LogP contribution < -0.4 is 20.3 Å². The fourth-order valence-electron chi connectivity index (χ4n) is 4.05. The van der Waals surface area contributed by atoms with Gasteiger partial charge in [0.05, 0.1) is 19.8 Å². The second kappa shape index (κ2) is 8.70. The maximum absolute atomic E-state index is 12.9. The highest BCUT2D eigenvalue weighted by Crippen LogP contribution is 2.26. The molecule has 0 amide bonds. The van der Waals surface area contributed by atoms with Crippen LogP contribution in [0.1, 0.15) is 31.2 Å². The number of nitrogens with one attached hydrogen (secondary N) is 1. The van der Waals surface area contributed by atoms with Crippen molar-refractivity contribution in [1.82, 2.24) is 9.88 Å². The van der Waals surface area contributed by atoms with Gasteiger partial charge in [0.1, 0.15) is 11.5 Å². The molecule has 5 heteroatoms. The van der Waals surface area contributed by atoms with Gasteiger partial charge in [0.2, 0.25) is 0 Å². The molecule has 3 aromatic rings. The molecule has 1 fully saturated rings. The van der Waals surface area contributed by atoms with Crippen molar-refractivity contribution in [3.63, 3.8) is 0 Å². The summed E-state index contributed by atoms with van der Waals surface area (Å²) in [7, 11) is 3.67. The molecule has 29 heavy (non-hydrogen) atoms. The van der Waals surface area contributed by atoms with Crippen LogP contribution in [0, 0.1) is 0 Å². The van der Waals surface area contributed by atoms with E-state index in [0.29, 0.717) is 18.0 Å². The van der Waals surface area contributed by atoms with Crippen molar-refractivity contribution >= 4 is 10.8 Å². The molecule has 1 N–H and O–H groups in total. The lowest BCUT2D eigenvalue weighted by Crippen LogP contribution is -2.34. The number of benzene rings is 2. The van der Waals surface area contributed by atoms with Crippen molar-refractivity contribution in [3.05, 3.63) is 70.6 Å². The van der Waals surface area contributed by atoms with E-state index in [1.165, 1.54) is 0 Å². The van der Waals surface area contributed by atoms with Gasteiger partial charge in [-0.1, -0.05) is 12.1 Å². The summed E-state index contributed by atoms with van der Waals surface area (Å²) < 4.78 is 13.1. The molecule has 1 aliphatic rings. The number of methoxy groups -OCH3 is 1. The molecular weight excluding hydrogens is 364 g/mol. The minimum atomic E-state index is 0.0133. The summed E-state index contributed by atoms with van der Waals surface area (Å²) in [6.07, 6.45) is 6.53. The molecule has 0 atom stereocenters. The van der Waals surface area contributed by atoms with Crippen LogP contribution in [-0.4, -0.2) is 30.9 Å². The highest BCUT2D eigenvalue weighted by Gasteiger charge is 2.21. The van der Waals surface area contributed by atoms with Gasteiger partial charge in [-0.3, -0.25) is 4.79 Å². The zero-order chi connectivity index (χ0) is 20.2. The first-order valence-corrected chi connectivity index (χ1v) is 10.3. The summed E-state index contributed by atoms with van der Waals surface area (Å²) in [6.45, 7) is 0.533. The molecule has 2 aromatic carbocycles. The fourth-order valence-corrected chi connectivity index (χ4v) is 4.05. The molecule has 1 aromatic heterocycles. The van der Waals surface area contributed by atoms with Crippen LogP contribution in [0.25, 0.3) is 10.8 Å². The number of ether oxygens (including phenoxy) is 2. The summed E-state index contributed by atoms with van der Waals surface area (Å²) in [4.78, 5) is 12.9. The Balaban J connectivity index is 1.50. The Kier molecular flexibility index (Phi) is 5.86. The van der Waals surface area contributed by atoms with Crippen molar-refractivity contribution in [2.45, 2.75) is 44.4 Å². The summed E-state index contributed by atoms with van der Waals surface area (Å²) >= 11 is 0. The number of pyridine rings is 1. The number of fused-ring (bicyclic) bond motifs is 1. The first-order valence-electron chi connectivity index (χ1n) is 10.3. The second-order valence-corrected chi connectivity index (χ2v) is 7.73. The van der Waals surface area contributed by atoms with E-state index in [1.54, 1.807) is 11.7 Å². The van der Waals surface area contributed by atoms with Gasteiger partial charge >= 0.3 is 0 Å². The topological polar surface area (TPSA) is 52.5 Å². The first kappa shape index (κ1) is 19.5. The Morgan fingerprint density at radius 2 is 1.72 bits per heavy atom. The van der Waals surface area contributed by atoms with E-state index in [2.05, 4.69) is 5.32 Å². The van der Waals surface area contributed by atoms with Gasteiger partial charge in [-0.15, -0.1) is 0 Å². The molecule has 0 bridgehead atoms. The Hall–Kier alpha value is -2.79. The SMILES string of the molecule is CN[C@H]1CC[C@H](Oc2ccc3c(=O)n(Cc4ccc(OC)cc4)ccc3c2)CC1. The average molecular weight is 392 g/mol. The van der Waals surface area contributed by atoms with Crippen molar-refractivity contribution < 1.29 is 9.47 Å². The summed E-state index contributed by atoms with van der Waals surface area (Å²) in [6, 6.07) is 16.2. The second-order valence-electron chi connectivity index (χ2n) is 7.73. The lowest BCUT2D eigenvalue weighted by atomic mass is 9.93. The van der Waals surface area contributed by atoms with E-state index in [4.69, 9.17) is 9.47 Å². The van der Waals surface area contributed by atoms with Gasteiger partial charge < -0.3 is 19.4 Å². The zero-order valence-corrected chi connectivity index (χ0v) is 17.1. The van der Waals surface area contributed by atoms with Crippen LogP contribution in [0.4, 0.5) is 0 Å². The minimum Gasteiger partial charge on any atom is -0.497 e. The summed E-state index contributed by atoms with van der Waals surface area (Å²) in [5, 5.41) is 4.98. The third-order valence-electron chi connectivity index (χ3n) is 5.85. The van der Waals surface area contributed by atoms with E-state index < -0.39 is 0 Å². The molecule has 0 radical (unpaired) electrons. The van der Waals surface area contributed by atoms with E-state index >= 15 is 0 Å². The molecular formula is C24H28N2O3. The Morgan fingerprint density at radius 1 is 1.00 bits per heavy atom. The van der Waals surface area contributed by atoms with E-state index in [9.17, 15) is 4.79 Å². The predicted octanol–water partition coefficient (Wildman–Crippen LogP) is 3.97. The number of hydrogen-bond donors (Lipinski definition) is 1. The van der Waals surface area contributed by atoms with Gasteiger partial charge in [-0.05, 0) is 80.1 Å². The molecule has 0 spiro atoms. The number of aromatic nitrogens is 1. The molecule has 0 saturated heterocycles. The number of nitrogens with zero attached hydrogens (tertiary/aromatic N) is 1. The predicted molar refractivity (Wildman–Crippen MR) is 116 cm³/mol. The van der Waals surface area contributed by atoms with Crippen LogP contribution >= 0.6 is 0 Å². The normalized spacial score (nSPS) is 19.2. The summed E-state index contributed by atoms with van der Waals surface area (Å²) in [5.74, 6) is 1.66. The van der Waals surface area contributed by atoms with E-state index in [1.807, 2.05) is 61.8 Å². The van der Waals surface area contributed by atoms with Crippen LogP contribution in [-0.2, 0) is 6.54 Å². The van der Waals surface area contributed by atoms with Gasteiger partial charge in [0, 0.05) is 17.6 Å². The van der Waals surface area contributed by atoms with Crippen molar-refractivity contribution in [1.29, 1.82) is 0 Å². The Morgan fingerprint density at radius 3 is 2.41 bits per heavy atom. The monoisotopic (exact) mass is 392 g/mol. The van der Waals surface area contributed by atoms with Crippen LogP contribution in [0.3, 0.4) is 0 Å². The van der Waals surface area contributed by atoms with Crippen LogP contribution in [0.2, 0.25) is 0 Å². The molecule has 1 heterocycles. The molecule has 0 unspecified atom stereocenters. The van der Waals surface area contributed by atoms with Crippen molar-refractivity contribution in [2.24, 2.45) is 0 Å². The molecule has 0 aliphatic heterocycles. The third-order valence-corrected chi connectivity index (χ3v) is 5.85. The molecule has 4 rings (SSSR count). The Labute approximate surface area is 171 Å². The summed E-state index contributed by atoms with van der Waals surface area (Å²) in [5.41, 5.74) is 1.07. The molecule has 1 saturated carbocycles. The first-order chi connectivity index (χ1) is 14.2. The van der Waals surface area contributed by atoms with Gasteiger partial charge in [0.15, 0.2) is 0 Å². The van der Waals surface area contributed by atoms with Gasteiger partial charge in [-0.25, -0.2) is 0 Å². The maximum atomic E-state index is 12.9. The lowest BCUT2D eigenvalue weighted by molar-refractivity contribution is 0.141. The standard InChI is InChI=1S/C24H28N2O3/c1-25-19-5-9-21(10-6-19)29-22-11-12-23-18(15-22)13-14-26(24(23)27)16-17-3-7-20(28-2)8-4-17/h3-4,7-8,11-15,19,21,25H,5-6,9-10,16H2,1-2H3/t19-,21-. The highest BCUT2D eigenvalue weighted by atomic mass is 16.5. The highest BCUT2D eigenvalue weighted by molar-refractivity contribution is 5.82. The van der Waals surface area contributed by atoms with Gasteiger partial charge in [0.25, 0.3) is 5.56 Å². The van der Waals surface area contributed by atoms with Crippen LogP contribution in [0.15, 0.2) is 59.5 Å². The maximum Gasteiger partial charge on any atom is 0.258 e. The van der Waals surface area contributed by atoms with Gasteiger partial charge in [-0.2, -0.15) is 0 Å². The van der Waals surface area contributed by atoms with E-state index in [0.717, 1.165) is 48.1 Å². The molecule has 5 nitrogen and oxygen atoms in total. The Bertz CT molecular complexity index is 1020. The molecule has 152 valence electrons. The van der Waals surface area contributed by atoms with Crippen LogP contribution in [0.5, 0.6) is 11.5 Å². The minimum absolute atomic E-state index is 0.0133. The lowest BCUT2D eigenvalue weighted by Gasteiger charge is -2.28. The zero-order valence-electron chi connectivity index (χ0n) is 17.1. The quantitative estimate of drug-likeness (QED) is 0.690. The molecule has 1 aliphatic carbocycles. The number of rotatable bonds is 6. The average Bonchev–Trinajstić information content (AvgIpc) is 2.77. The third kappa shape index (κ3) is 4.46. The number of hydrogen-bond acceptors (Lipinski definition) is 4. The van der Waals surface area contributed by atoms with Crippen molar-refractivity contribution in [2.75, 3.05) is 14.2 Å². The largest absolute Gasteiger partial charge is 0.497 e. The smallest absolute Gasteiger partial charge is 0.258 e.